The Balaban J connectivity index is 1.73. The Morgan fingerprint density at radius 3 is 2.60 bits per heavy atom. The van der Waals surface area contributed by atoms with E-state index in [9.17, 15) is 5.11 Å². The second kappa shape index (κ2) is 5.85. The van der Waals surface area contributed by atoms with Gasteiger partial charge in [-0.15, -0.1) is 0 Å². The summed E-state index contributed by atoms with van der Waals surface area (Å²) < 4.78 is 0. The fraction of sp³-hybridized carbons (Fsp3) is 0.167. The fourth-order valence-corrected chi connectivity index (χ4v) is 2.43. The summed E-state index contributed by atoms with van der Waals surface area (Å²) in [5, 5.41) is 12.7. The lowest BCUT2D eigenvalue weighted by Gasteiger charge is -2.12. The van der Waals surface area contributed by atoms with E-state index in [4.69, 9.17) is 0 Å². The van der Waals surface area contributed by atoms with Gasteiger partial charge in [-0.05, 0) is 46.9 Å². The van der Waals surface area contributed by atoms with Crippen molar-refractivity contribution in [3.63, 3.8) is 0 Å². The molecule has 1 unspecified atom stereocenters. The van der Waals surface area contributed by atoms with Gasteiger partial charge in [0.05, 0.1) is 6.10 Å². The highest BCUT2D eigenvalue weighted by Crippen LogP contribution is 2.23. The molecule has 1 N–H and O–H groups in total. The van der Waals surface area contributed by atoms with Crippen LogP contribution >= 0.6 is 0 Å². The predicted molar refractivity (Wildman–Crippen MR) is 81.5 cm³/mol. The number of fused-ring (bicyclic) bond motifs is 1. The quantitative estimate of drug-likeness (QED) is 0.774. The summed E-state index contributed by atoms with van der Waals surface area (Å²) in [6, 6.07) is 18.3. The van der Waals surface area contributed by atoms with Gasteiger partial charge in [-0.1, -0.05) is 42.5 Å². The van der Waals surface area contributed by atoms with Crippen LogP contribution in [-0.2, 0) is 6.42 Å². The van der Waals surface area contributed by atoms with Crippen molar-refractivity contribution in [2.75, 3.05) is 0 Å². The molecule has 0 saturated heterocycles. The monoisotopic (exact) mass is 263 g/mol. The van der Waals surface area contributed by atoms with E-state index in [0.29, 0.717) is 6.42 Å². The Kier molecular flexibility index (Phi) is 3.75. The molecule has 20 heavy (non-hydrogen) atoms. The first kappa shape index (κ1) is 12.8. The van der Waals surface area contributed by atoms with E-state index in [0.717, 1.165) is 17.5 Å². The van der Waals surface area contributed by atoms with Crippen molar-refractivity contribution in [3.8, 4) is 0 Å². The fourth-order valence-electron chi connectivity index (χ4n) is 2.43. The first-order valence-electron chi connectivity index (χ1n) is 6.88. The van der Waals surface area contributed by atoms with Crippen LogP contribution in [0, 0.1) is 0 Å². The van der Waals surface area contributed by atoms with Gasteiger partial charge in [0.25, 0.3) is 0 Å². The molecule has 1 atom stereocenters. The molecule has 3 rings (SSSR count). The van der Waals surface area contributed by atoms with Crippen LogP contribution in [0.1, 0.15) is 23.7 Å². The molecule has 1 aromatic heterocycles. The highest BCUT2D eigenvalue weighted by molar-refractivity contribution is 5.83. The molecule has 0 spiro atoms. The molecule has 1 heterocycles. The van der Waals surface area contributed by atoms with Crippen molar-refractivity contribution < 1.29 is 5.11 Å². The molecule has 0 saturated carbocycles. The third-order valence-electron chi connectivity index (χ3n) is 3.59. The highest BCUT2D eigenvalue weighted by Gasteiger charge is 2.08. The molecule has 0 bridgehead atoms. The van der Waals surface area contributed by atoms with Crippen molar-refractivity contribution in [1.29, 1.82) is 0 Å². The van der Waals surface area contributed by atoms with Crippen molar-refractivity contribution in [2.45, 2.75) is 18.9 Å². The molecule has 2 aromatic carbocycles. The molecular weight excluding hydrogens is 246 g/mol. The number of hydrogen-bond donors (Lipinski definition) is 1. The number of hydrogen-bond acceptors (Lipinski definition) is 2. The number of aliphatic hydroxyl groups excluding tert-OH is 1. The van der Waals surface area contributed by atoms with Crippen molar-refractivity contribution >= 4 is 10.8 Å². The topological polar surface area (TPSA) is 33.1 Å². The molecule has 0 fully saturated rings. The lowest BCUT2D eigenvalue weighted by Crippen LogP contribution is -1.99. The van der Waals surface area contributed by atoms with E-state index < -0.39 is 6.10 Å². The predicted octanol–water partition coefficient (Wildman–Crippen LogP) is 3.90. The van der Waals surface area contributed by atoms with E-state index >= 15 is 0 Å². The summed E-state index contributed by atoms with van der Waals surface area (Å²) >= 11 is 0. The molecule has 2 nitrogen and oxygen atoms in total. The zero-order chi connectivity index (χ0) is 13.8. The lowest BCUT2D eigenvalue weighted by molar-refractivity contribution is 0.168. The van der Waals surface area contributed by atoms with Gasteiger partial charge in [0, 0.05) is 12.4 Å². The number of nitrogens with zero attached hydrogens (tertiary/aromatic N) is 1. The molecule has 3 aromatic rings. The smallest absolute Gasteiger partial charge is 0.0793 e. The van der Waals surface area contributed by atoms with Gasteiger partial charge in [0.15, 0.2) is 0 Å². The SMILES string of the molecule is OC(CCc1cccnc1)c1ccc2ccccc2c1. The minimum Gasteiger partial charge on any atom is -0.388 e. The van der Waals surface area contributed by atoms with Crippen LogP contribution in [0.4, 0.5) is 0 Å². The number of aliphatic hydroxyl groups is 1. The normalized spacial score (nSPS) is 12.4. The maximum absolute atomic E-state index is 10.3. The van der Waals surface area contributed by atoms with Crippen LogP contribution < -0.4 is 0 Å². The maximum atomic E-state index is 10.3. The van der Waals surface area contributed by atoms with Gasteiger partial charge < -0.3 is 5.11 Å². The molecular formula is C18H17NO. The number of benzene rings is 2. The van der Waals surface area contributed by atoms with Crippen molar-refractivity contribution in [3.05, 3.63) is 78.1 Å². The second-order valence-corrected chi connectivity index (χ2v) is 5.02. The Morgan fingerprint density at radius 1 is 0.950 bits per heavy atom. The van der Waals surface area contributed by atoms with E-state index in [1.165, 1.54) is 10.8 Å². The third-order valence-corrected chi connectivity index (χ3v) is 3.59. The Bertz CT molecular complexity index is 694. The highest BCUT2D eigenvalue weighted by atomic mass is 16.3. The first-order chi connectivity index (χ1) is 9.83. The Labute approximate surface area is 118 Å². The van der Waals surface area contributed by atoms with Crippen LogP contribution in [0.2, 0.25) is 0 Å². The minimum atomic E-state index is -0.431. The van der Waals surface area contributed by atoms with Crippen LogP contribution in [0.3, 0.4) is 0 Å². The summed E-state index contributed by atoms with van der Waals surface area (Å²) in [4.78, 5) is 4.09. The summed E-state index contributed by atoms with van der Waals surface area (Å²) in [5.41, 5.74) is 2.14. The lowest BCUT2D eigenvalue weighted by atomic mass is 9.99. The van der Waals surface area contributed by atoms with Crippen LogP contribution in [0.5, 0.6) is 0 Å². The standard InChI is InChI=1S/C18H17NO/c20-18(10-7-14-4-3-11-19-13-14)17-9-8-15-5-1-2-6-16(15)12-17/h1-6,8-9,11-13,18,20H,7,10H2. The van der Waals surface area contributed by atoms with Gasteiger partial charge in [0.1, 0.15) is 0 Å². The summed E-state index contributed by atoms with van der Waals surface area (Å²) in [5.74, 6) is 0. The van der Waals surface area contributed by atoms with Crippen LogP contribution in [0.25, 0.3) is 10.8 Å². The zero-order valence-electron chi connectivity index (χ0n) is 11.2. The second-order valence-electron chi connectivity index (χ2n) is 5.02. The van der Waals surface area contributed by atoms with Gasteiger partial charge in [-0.25, -0.2) is 0 Å². The van der Waals surface area contributed by atoms with Crippen LogP contribution in [0.15, 0.2) is 67.0 Å². The zero-order valence-corrected chi connectivity index (χ0v) is 11.2. The van der Waals surface area contributed by atoms with Crippen LogP contribution in [-0.4, -0.2) is 10.1 Å². The maximum Gasteiger partial charge on any atom is 0.0793 e. The molecule has 2 heteroatoms. The summed E-state index contributed by atoms with van der Waals surface area (Å²) in [6.07, 6.45) is 4.74. The average Bonchev–Trinajstić information content (AvgIpc) is 2.53. The van der Waals surface area contributed by atoms with Gasteiger partial charge in [0.2, 0.25) is 0 Å². The largest absolute Gasteiger partial charge is 0.388 e. The molecule has 0 aliphatic carbocycles. The number of aryl methyl sites for hydroxylation is 1. The number of pyridine rings is 1. The summed E-state index contributed by atoms with van der Waals surface area (Å²) in [6.45, 7) is 0. The third kappa shape index (κ3) is 2.86. The van der Waals surface area contributed by atoms with Gasteiger partial charge >= 0.3 is 0 Å². The van der Waals surface area contributed by atoms with E-state index in [1.54, 1.807) is 6.20 Å². The van der Waals surface area contributed by atoms with Gasteiger partial charge in [-0.2, -0.15) is 0 Å². The molecule has 0 radical (unpaired) electrons. The van der Waals surface area contributed by atoms with Crippen molar-refractivity contribution in [1.82, 2.24) is 4.98 Å². The molecule has 0 aliphatic heterocycles. The van der Waals surface area contributed by atoms with E-state index in [2.05, 4.69) is 29.2 Å². The average molecular weight is 263 g/mol. The van der Waals surface area contributed by atoms with E-state index in [-0.39, 0.29) is 0 Å². The Morgan fingerprint density at radius 2 is 1.80 bits per heavy atom. The van der Waals surface area contributed by atoms with Gasteiger partial charge in [-0.3, -0.25) is 4.98 Å². The summed E-state index contributed by atoms with van der Waals surface area (Å²) in [7, 11) is 0. The minimum absolute atomic E-state index is 0.431. The number of aromatic nitrogens is 1. The molecule has 0 aliphatic rings. The molecule has 100 valence electrons. The Hall–Kier alpha value is -2.19. The van der Waals surface area contributed by atoms with E-state index in [1.807, 2.05) is 36.5 Å². The first-order valence-corrected chi connectivity index (χ1v) is 6.88. The number of rotatable bonds is 4. The van der Waals surface area contributed by atoms with Crippen molar-refractivity contribution in [2.24, 2.45) is 0 Å². The molecule has 0 amide bonds.